The monoisotopic (exact) mass is 285 g/mol. The van der Waals surface area contributed by atoms with Crippen LogP contribution in [0.4, 0.5) is 5.69 Å². The van der Waals surface area contributed by atoms with Gasteiger partial charge in [0.1, 0.15) is 0 Å². The second-order valence-corrected chi connectivity index (χ2v) is 4.60. The van der Waals surface area contributed by atoms with E-state index in [0.717, 1.165) is 5.56 Å². The highest BCUT2D eigenvalue weighted by atomic mass is 16.5. The summed E-state index contributed by atoms with van der Waals surface area (Å²) < 4.78 is 5.26. The van der Waals surface area contributed by atoms with Crippen molar-refractivity contribution in [1.29, 1.82) is 0 Å². The van der Waals surface area contributed by atoms with Crippen molar-refractivity contribution in [3.63, 3.8) is 0 Å². The second kappa shape index (κ2) is 6.74. The Morgan fingerprint density at radius 1 is 1.29 bits per heavy atom. The summed E-state index contributed by atoms with van der Waals surface area (Å²) in [5.74, 6) is 0.328. The summed E-state index contributed by atoms with van der Waals surface area (Å²) in [5.41, 5.74) is 7.83. The summed E-state index contributed by atoms with van der Waals surface area (Å²) in [7, 11) is 1.52. The first-order valence-electron chi connectivity index (χ1n) is 6.78. The first-order chi connectivity index (χ1) is 10.2. The lowest BCUT2D eigenvalue weighted by Gasteiger charge is -2.22. The van der Waals surface area contributed by atoms with E-state index in [-0.39, 0.29) is 5.91 Å². The molecule has 0 fully saturated rings. The Morgan fingerprint density at radius 3 is 2.62 bits per heavy atom. The zero-order valence-corrected chi connectivity index (χ0v) is 12.2. The molecule has 0 radical (unpaired) electrons. The Labute approximate surface area is 124 Å². The molecule has 5 heteroatoms. The molecule has 0 saturated heterocycles. The largest absolute Gasteiger partial charge is 0.494 e. The molecule has 2 N–H and O–H groups in total. The summed E-state index contributed by atoms with van der Waals surface area (Å²) in [5, 5.41) is 0. The number of hydrogen-bond donors (Lipinski definition) is 1. The van der Waals surface area contributed by atoms with E-state index in [1.54, 1.807) is 35.5 Å². The molecule has 21 heavy (non-hydrogen) atoms. The summed E-state index contributed by atoms with van der Waals surface area (Å²) in [4.78, 5) is 18.4. The third-order valence-corrected chi connectivity index (χ3v) is 3.27. The van der Waals surface area contributed by atoms with E-state index in [1.807, 2.05) is 19.1 Å². The number of nitrogens with two attached hydrogens (primary N) is 1. The Hall–Kier alpha value is -2.56. The van der Waals surface area contributed by atoms with E-state index in [9.17, 15) is 4.79 Å². The van der Waals surface area contributed by atoms with Gasteiger partial charge in [-0.3, -0.25) is 9.78 Å². The minimum atomic E-state index is -0.0986. The van der Waals surface area contributed by atoms with Crippen LogP contribution in [0.15, 0.2) is 42.7 Å². The van der Waals surface area contributed by atoms with E-state index < -0.39 is 0 Å². The zero-order chi connectivity index (χ0) is 15.2. The van der Waals surface area contributed by atoms with Crippen molar-refractivity contribution in [1.82, 2.24) is 9.88 Å². The first kappa shape index (κ1) is 14.8. The van der Waals surface area contributed by atoms with Crippen LogP contribution in [0, 0.1) is 0 Å². The molecule has 1 aromatic heterocycles. The minimum Gasteiger partial charge on any atom is -0.494 e. The average molecular weight is 285 g/mol. The smallest absolute Gasteiger partial charge is 0.257 e. The van der Waals surface area contributed by atoms with Crippen molar-refractivity contribution in [2.24, 2.45) is 0 Å². The molecule has 5 nitrogen and oxygen atoms in total. The van der Waals surface area contributed by atoms with E-state index in [2.05, 4.69) is 4.98 Å². The van der Waals surface area contributed by atoms with Crippen LogP contribution in [0.1, 0.15) is 22.8 Å². The predicted octanol–water partition coefficient (Wildman–Crippen LogP) is 2.33. The van der Waals surface area contributed by atoms with Crippen LogP contribution in [0.2, 0.25) is 0 Å². The normalized spacial score (nSPS) is 10.2. The number of carbonyl (C=O) groups is 1. The summed E-state index contributed by atoms with van der Waals surface area (Å²) in [6.45, 7) is 3.06. The highest BCUT2D eigenvalue weighted by Gasteiger charge is 2.19. The topological polar surface area (TPSA) is 68.5 Å². The zero-order valence-electron chi connectivity index (χ0n) is 12.2. The van der Waals surface area contributed by atoms with Crippen LogP contribution in [0.5, 0.6) is 5.75 Å². The molecule has 1 amide bonds. The molecule has 0 aliphatic rings. The number of hydrogen-bond acceptors (Lipinski definition) is 4. The number of aromatic nitrogens is 1. The first-order valence-corrected chi connectivity index (χ1v) is 6.78. The Kier molecular flexibility index (Phi) is 4.77. The van der Waals surface area contributed by atoms with Gasteiger partial charge in [-0.25, -0.2) is 0 Å². The molecule has 0 atom stereocenters. The van der Waals surface area contributed by atoms with Crippen LogP contribution in [-0.4, -0.2) is 29.4 Å². The number of para-hydroxylation sites is 1. The molecule has 0 spiro atoms. The molecular formula is C16H19N3O2. The van der Waals surface area contributed by atoms with E-state index in [0.29, 0.717) is 30.1 Å². The maximum atomic E-state index is 12.7. The molecule has 110 valence electrons. The summed E-state index contributed by atoms with van der Waals surface area (Å²) >= 11 is 0. The fourth-order valence-corrected chi connectivity index (χ4v) is 2.16. The Morgan fingerprint density at radius 2 is 2.00 bits per heavy atom. The van der Waals surface area contributed by atoms with Gasteiger partial charge in [0.25, 0.3) is 5.91 Å². The van der Waals surface area contributed by atoms with Gasteiger partial charge in [-0.15, -0.1) is 0 Å². The number of nitrogen functional groups attached to an aromatic ring is 1. The number of methoxy groups -OCH3 is 1. The lowest BCUT2D eigenvalue weighted by molar-refractivity contribution is 0.0749. The summed E-state index contributed by atoms with van der Waals surface area (Å²) in [6.07, 6.45) is 3.43. The number of nitrogens with zero attached hydrogens (tertiary/aromatic N) is 2. The molecule has 0 aliphatic carbocycles. The maximum Gasteiger partial charge on any atom is 0.257 e. The molecule has 1 aromatic carbocycles. The van der Waals surface area contributed by atoms with Crippen LogP contribution in [-0.2, 0) is 6.54 Å². The van der Waals surface area contributed by atoms with Crippen molar-refractivity contribution >= 4 is 11.6 Å². The van der Waals surface area contributed by atoms with Gasteiger partial charge in [-0.2, -0.15) is 0 Å². The maximum absolute atomic E-state index is 12.7. The summed E-state index contributed by atoms with van der Waals surface area (Å²) in [6, 6.07) is 8.99. The molecule has 0 bridgehead atoms. The van der Waals surface area contributed by atoms with Gasteiger partial charge in [0, 0.05) is 25.5 Å². The number of ether oxygens (including phenoxy) is 1. The number of benzene rings is 1. The average Bonchev–Trinajstić information content (AvgIpc) is 2.52. The number of carbonyl (C=O) groups excluding carboxylic acids is 1. The standard InChI is InChI=1S/C16H19N3O2/c1-3-19(11-12-7-9-18-10-8-12)16(20)13-5-4-6-14(17)15(13)21-2/h4-10H,3,11,17H2,1-2H3. The number of anilines is 1. The van der Waals surface area contributed by atoms with Crippen molar-refractivity contribution in [3.8, 4) is 5.75 Å². The highest BCUT2D eigenvalue weighted by molar-refractivity contribution is 5.98. The lowest BCUT2D eigenvalue weighted by Crippen LogP contribution is -2.30. The minimum absolute atomic E-state index is 0.0986. The van der Waals surface area contributed by atoms with Gasteiger partial charge in [0.2, 0.25) is 0 Å². The van der Waals surface area contributed by atoms with Crippen LogP contribution < -0.4 is 10.5 Å². The number of pyridine rings is 1. The second-order valence-electron chi connectivity index (χ2n) is 4.60. The highest BCUT2D eigenvalue weighted by Crippen LogP contribution is 2.27. The molecular weight excluding hydrogens is 266 g/mol. The molecule has 0 aliphatic heterocycles. The fourth-order valence-electron chi connectivity index (χ4n) is 2.16. The molecule has 2 rings (SSSR count). The van der Waals surface area contributed by atoms with E-state index in [4.69, 9.17) is 10.5 Å². The van der Waals surface area contributed by atoms with Gasteiger partial charge in [-0.1, -0.05) is 6.07 Å². The van der Waals surface area contributed by atoms with Crippen molar-refractivity contribution in [2.75, 3.05) is 19.4 Å². The van der Waals surface area contributed by atoms with E-state index >= 15 is 0 Å². The molecule has 0 saturated carbocycles. The molecule has 2 aromatic rings. The van der Waals surface area contributed by atoms with Crippen LogP contribution >= 0.6 is 0 Å². The molecule has 0 unspecified atom stereocenters. The third-order valence-electron chi connectivity index (χ3n) is 3.27. The van der Waals surface area contributed by atoms with Crippen molar-refractivity contribution < 1.29 is 9.53 Å². The Balaban J connectivity index is 2.27. The quantitative estimate of drug-likeness (QED) is 0.856. The van der Waals surface area contributed by atoms with Gasteiger partial charge < -0.3 is 15.4 Å². The predicted molar refractivity (Wildman–Crippen MR) is 82.1 cm³/mol. The van der Waals surface area contributed by atoms with Gasteiger partial charge in [0.05, 0.1) is 18.4 Å². The van der Waals surface area contributed by atoms with Gasteiger partial charge in [0.15, 0.2) is 5.75 Å². The SMILES string of the molecule is CCN(Cc1ccncc1)C(=O)c1cccc(N)c1OC. The molecule has 1 heterocycles. The number of amides is 1. The van der Waals surface area contributed by atoms with Crippen molar-refractivity contribution in [3.05, 3.63) is 53.9 Å². The number of rotatable bonds is 5. The van der Waals surface area contributed by atoms with Crippen molar-refractivity contribution in [2.45, 2.75) is 13.5 Å². The van der Waals surface area contributed by atoms with Crippen LogP contribution in [0.3, 0.4) is 0 Å². The van der Waals surface area contributed by atoms with Crippen LogP contribution in [0.25, 0.3) is 0 Å². The van der Waals surface area contributed by atoms with Gasteiger partial charge >= 0.3 is 0 Å². The fraction of sp³-hybridized carbons (Fsp3) is 0.250. The third kappa shape index (κ3) is 3.31. The van der Waals surface area contributed by atoms with E-state index in [1.165, 1.54) is 7.11 Å². The van der Waals surface area contributed by atoms with Gasteiger partial charge in [-0.05, 0) is 36.8 Å². The lowest BCUT2D eigenvalue weighted by atomic mass is 10.1. The Bertz CT molecular complexity index is 614.